The molecule has 112 valence electrons. The van der Waals surface area contributed by atoms with Crippen LogP contribution in [0, 0.1) is 23.7 Å². The summed E-state index contributed by atoms with van der Waals surface area (Å²) in [7, 11) is 0. The first-order valence-electron chi connectivity index (χ1n) is 7.30. The van der Waals surface area contributed by atoms with Crippen LogP contribution in [0.3, 0.4) is 0 Å². The van der Waals surface area contributed by atoms with Gasteiger partial charge in [-0.1, -0.05) is 18.2 Å². The number of carboxylic acid groups (broad SMARTS) is 1. The van der Waals surface area contributed by atoms with Crippen LogP contribution in [-0.4, -0.2) is 23.0 Å². The van der Waals surface area contributed by atoms with Gasteiger partial charge in [0.05, 0.1) is 11.8 Å². The van der Waals surface area contributed by atoms with Crippen LogP contribution >= 0.6 is 11.3 Å². The molecule has 2 N–H and O–H groups in total. The molecule has 1 saturated carbocycles. The molecule has 3 rings (SSSR count). The Morgan fingerprint density at radius 3 is 2.71 bits per heavy atom. The number of carboxylic acids is 1. The summed E-state index contributed by atoms with van der Waals surface area (Å²) in [6, 6.07) is 4.07. The lowest BCUT2D eigenvalue weighted by Crippen LogP contribution is -2.44. The van der Waals surface area contributed by atoms with Gasteiger partial charge in [0.15, 0.2) is 0 Å². The van der Waals surface area contributed by atoms with E-state index in [1.807, 2.05) is 36.6 Å². The van der Waals surface area contributed by atoms with Gasteiger partial charge in [-0.15, -0.1) is 11.3 Å². The van der Waals surface area contributed by atoms with Gasteiger partial charge in [0, 0.05) is 17.3 Å². The molecule has 2 bridgehead atoms. The monoisotopic (exact) mass is 305 g/mol. The van der Waals surface area contributed by atoms with Crippen LogP contribution in [0.5, 0.6) is 0 Å². The van der Waals surface area contributed by atoms with Crippen molar-refractivity contribution >= 4 is 23.2 Å². The third-order valence-electron chi connectivity index (χ3n) is 4.52. The molecule has 0 aliphatic heterocycles. The molecule has 5 unspecified atom stereocenters. The van der Waals surface area contributed by atoms with Gasteiger partial charge in [0.25, 0.3) is 0 Å². The van der Waals surface area contributed by atoms with Crippen molar-refractivity contribution in [2.45, 2.75) is 25.8 Å². The average Bonchev–Trinajstić information content (AvgIpc) is 3.13. The summed E-state index contributed by atoms with van der Waals surface area (Å²) in [6.07, 6.45) is 5.56. The number of hydrogen-bond acceptors (Lipinski definition) is 3. The summed E-state index contributed by atoms with van der Waals surface area (Å²) in [5.74, 6) is -1.82. The van der Waals surface area contributed by atoms with Crippen LogP contribution in [-0.2, 0) is 16.0 Å². The second-order valence-electron chi connectivity index (χ2n) is 6.03. The molecule has 1 fully saturated rings. The Bertz CT molecular complexity index is 566. The van der Waals surface area contributed by atoms with E-state index in [1.54, 1.807) is 11.3 Å². The van der Waals surface area contributed by atoms with Gasteiger partial charge in [0.2, 0.25) is 5.91 Å². The third-order valence-corrected chi connectivity index (χ3v) is 5.42. The third kappa shape index (κ3) is 2.75. The fourth-order valence-corrected chi connectivity index (χ4v) is 4.47. The summed E-state index contributed by atoms with van der Waals surface area (Å²) in [5.41, 5.74) is 0. The van der Waals surface area contributed by atoms with Crippen LogP contribution in [0.1, 0.15) is 18.2 Å². The first kappa shape index (κ1) is 14.3. The molecule has 0 radical (unpaired) electrons. The molecule has 4 nitrogen and oxygen atoms in total. The summed E-state index contributed by atoms with van der Waals surface area (Å²) in [6.45, 7) is 1.97. The van der Waals surface area contributed by atoms with E-state index in [4.69, 9.17) is 0 Å². The molecule has 5 heteroatoms. The zero-order valence-corrected chi connectivity index (χ0v) is 12.7. The molecule has 2 aliphatic carbocycles. The van der Waals surface area contributed by atoms with E-state index < -0.39 is 17.8 Å². The Kier molecular flexibility index (Phi) is 3.85. The number of carbonyl (C=O) groups excluding carboxylic acids is 1. The van der Waals surface area contributed by atoms with Crippen molar-refractivity contribution in [1.82, 2.24) is 5.32 Å². The van der Waals surface area contributed by atoms with Crippen molar-refractivity contribution in [2.75, 3.05) is 0 Å². The van der Waals surface area contributed by atoms with Gasteiger partial charge in [-0.25, -0.2) is 0 Å². The lowest BCUT2D eigenvalue weighted by atomic mass is 9.82. The smallest absolute Gasteiger partial charge is 0.307 e. The Balaban J connectivity index is 1.64. The van der Waals surface area contributed by atoms with E-state index >= 15 is 0 Å². The molecule has 0 aromatic carbocycles. The van der Waals surface area contributed by atoms with E-state index in [0.717, 1.165) is 12.8 Å². The Morgan fingerprint density at radius 2 is 2.10 bits per heavy atom. The summed E-state index contributed by atoms with van der Waals surface area (Å²) < 4.78 is 0. The summed E-state index contributed by atoms with van der Waals surface area (Å²) in [5, 5.41) is 14.4. The maximum absolute atomic E-state index is 12.5. The molecule has 1 aromatic heterocycles. The number of fused-ring (bicyclic) bond motifs is 2. The van der Waals surface area contributed by atoms with Crippen molar-refractivity contribution in [3.8, 4) is 0 Å². The van der Waals surface area contributed by atoms with Gasteiger partial charge in [-0.05, 0) is 36.6 Å². The van der Waals surface area contributed by atoms with Gasteiger partial charge >= 0.3 is 5.97 Å². The number of thiophene rings is 1. The van der Waals surface area contributed by atoms with Crippen molar-refractivity contribution in [3.63, 3.8) is 0 Å². The number of nitrogens with one attached hydrogen (secondary N) is 1. The standard InChI is InChI=1S/C16H19NO3S/c1-9(7-12-3-2-6-21-12)17-15(18)13-10-4-5-11(8-10)14(13)16(19)20/h2-6,9-11,13-14H,7-8H2,1H3,(H,17,18)(H,19,20). The van der Waals surface area contributed by atoms with Gasteiger partial charge in [-0.2, -0.15) is 0 Å². The topological polar surface area (TPSA) is 66.4 Å². The number of aliphatic carboxylic acids is 1. The lowest BCUT2D eigenvalue weighted by Gasteiger charge is -2.25. The predicted molar refractivity (Wildman–Crippen MR) is 81.0 cm³/mol. The SMILES string of the molecule is CC(Cc1cccs1)NC(=O)C1C2C=CC(C2)C1C(=O)O. The second kappa shape index (κ2) is 5.64. The van der Waals surface area contributed by atoms with E-state index in [9.17, 15) is 14.7 Å². The van der Waals surface area contributed by atoms with Crippen molar-refractivity contribution in [3.05, 3.63) is 34.5 Å². The minimum Gasteiger partial charge on any atom is -0.481 e. The molecular formula is C16H19NO3S. The molecular weight excluding hydrogens is 286 g/mol. The molecule has 1 heterocycles. The van der Waals surface area contributed by atoms with E-state index in [0.29, 0.717) is 0 Å². The number of rotatable bonds is 5. The minimum absolute atomic E-state index is 0.0219. The van der Waals surface area contributed by atoms with Crippen LogP contribution in [0.4, 0.5) is 0 Å². The van der Waals surface area contributed by atoms with Crippen LogP contribution in [0.2, 0.25) is 0 Å². The maximum Gasteiger partial charge on any atom is 0.307 e. The number of carbonyl (C=O) groups is 2. The van der Waals surface area contributed by atoms with E-state index in [2.05, 4.69) is 5.32 Å². The van der Waals surface area contributed by atoms with Crippen molar-refractivity contribution in [2.24, 2.45) is 23.7 Å². The minimum atomic E-state index is -0.849. The van der Waals surface area contributed by atoms with Crippen molar-refractivity contribution in [1.29, 1.82) is 0 Å². The molecule has 1 aromatic rings. The predicted octanol–water partition coefficient (Wildman–Crippen LogP) is 2.32. The van der Waals surface area contributed by atoms with Crippen LogP contribution < -0.4 is 5.32 Å². The fraction of sp³-hybridized carbons (Fsp3) is 0.500. The zero-order valence-electron chi connectivity index (χ0n) is 11.9. The van der Waals surface area contributed by atoms with Crippen LogP contribution in [0.25, 0.3) is 0 Å². The van der Waals surface area contributed by atoms with Crippen molar-refractivity contribution < 1.29 is 14.7 Å². The van der Waals surface area contributed by atoms with E-state index in [1.165, 1.54) is 4.88 Å². The molecule has 1 amide bonds. The first-order valence-corrected chi connectivity index (χ1v) is 8.18. The number of hydrogen-bond donors (Lipinski definition) is 2. The highest BCUT2D eigenvalue weighted by atomic mass is 32.1. The fourth-order valence-electron chi connectivity index (χ4n) is 3.64. The molecule has 0 spiro atoms. The Morgan fingerprint density at radius 1 is 1.38 bits per heavy atom. The van der Waals surface area contributed by atoms with Crippen LogP contribution in [0.15, 0.2) is 29.7 Å². The second-order valence-corrected chi connectivity index (χ2v) is 7.06. The number of amides is 1. The Labute approximate surface area is 127 Å². The van der Waals surface area contributed by atoms with Gasteiger partial charge in [0.1, 0.15) is 0 Å². The molecule has 2 aliphatic rings. The normalized spacial score (nSPS) is 31.3. The zero-order chi connectivity index (χ0) is 15.0. The largest absolute Gasteiger partial charge is 0.481 e. The molecule has 5 atom stereocenters. The molecule has 0 saturated heterocycles. The van der Waals surface area contributed by atoms with E-state index in [-0.39, 0.29) is 23.8 Å². The molecule has 21 heavy (non-hydrogen) atoms. The Hall–Kier alpha value is -1.62. The van der Waals surface area contributed by atoms with Gasteiger partial charge in [-0.3, -0.25) is 9.59 Å². The summed E-state index contributed by atoms with van der Waals surface area (Å²) >= 11 is 1.67. The first-order chi connectivity index (χ1) is 10.1. The maximum atomic E-state index is 12.5. The quantitative estimate of drug-likeness (QED) is 0.820. The highest BCUT2D eigenvalue weighted by Crippen LogP contribution is 2.48. The average molecular weight is 305 g/mol. The highest BCUT2D eigenvalue weighted by Gasteiger charge is 2.51. The van der Waals surface area contributed by atoms with Gasteiger partial charge < -0.3 is 10.4 Å². The highest BCUT2D eigenvalue weighted by molar-refractivity contribution is 7.09. The summed E-state index contributed by atoms with van der Waals surface area (Å²) in [4.78, 5) is 25.1. The number of allylic oxidation sites excluding steroid dienone is 2. The lowest BCUT2D eigenvalue weighted by molar-refractivity contribution is -0.148.